The molecule has 2 fully saturated rings. The van der Waals surface area contributed by atoms with Crippen LogP contribution in [0.3, 0.4) is 0 Å². The fourth-order valence-electron chi connectivity index (χ4n) is 2.37. The molecule has 1 unspecified atom stereocenters. The van der Waals surface area contributed by atoms with E-state index in [1.807, 2.05) is 0 Å². The number of hydrogen-bond donors (Lipinski definition) is 1. The third kappa shape index (κ3) is 2.61. The molecule has 0 aromatic carbocycles. The predicted molar refractivity (Wildman–Crippen MR) is 53.7 cm³/mol. The molecule has 2 rings (SSSR count). The maximum atomic E-state index is 12.5. The molecule has 1 amide bonds. The van der Waals surface area contributed by atoms with Crippen molar-refractivity contribution >= 4 is 6.09 Å². The van der Waals surface area contributed by atoms with Crippen molar-refractivity contribution in [3.63, 3.8) is 0 Å². The Labute approximate surface area is 92.8 Å². The lowest BCUT2D eigenvalue weighted by atomic mass is 10.0. The topological polar surface area (TPSA) is 43.8 Å². The molecule has 0 bridgehead atoms. The number of hydrogen-bond acceptors (Lipinski definition) is 2. The van der Waals surface area contributed by atoms with E-state index in [9.17, 15) is 13.6 Å². The van der Waals surface area contributed by atoms with Crippen LogP contribution >= 0.6 is 0 Å². The summed E-state index contributed by atoms with van der Waals surface area (Å²) in [6.07, 6.45) is 0.800. The Morgan fingerprint density at radius 1 is 1.44 bits per heavy atom. The van der Waals surface area contributed by atoms with Gasteiger partial charge in [0.25, 0.3) is 5.92 Å². The molecule has 0 spiro atoms. The van der Waals surface area contributed by atoms with E-state index < -0.39 is 12.0 Å². The van der Waals surface area contributed by atoms with E-state index in [2.05, 4.69) is 0 Å². The normalized spacial score (nSPS) is 29.1. The average molecular weight is 234 g/mol. The summed E-state index contributed by atoms with van der Waals surface area (Å²) in [6.45, 7) is 1.52. The van der Waals surface area contributed by atoms with Crippen molar-refractivity contribution in [2.45, 2.75) is 18.8 Å². The first-order valence-corrected chi connectivity index (χ1v) is 5.54. The summed E-state index contributed by atoms with van der Waals surface area (Å²) >= 11 is 0. The monoisotopic (exact) mass is 234 g/mol. The molecular weight excluding hydrogens is 218 g/mol. The zero-order valence-electron chi connectivity index (χ0n) is 9.03. The lowest BCUT2D eigenvalue weighted by Crippen LogP contribution is -2.56. The van der Waals surface area contributed by atoms with Crippen molar-refractivity contribution in [3.8, 4) is 0 Å². The molecule has 2 aliphatic rings. The Bertz CT molecular complexity index is 278. The molecule has 0 aliphatic carbocycles. The molecule has 4 nitrogen and oxygen atoms in total. The van der Waals surface area contributed by atoms with Gasteiger partial charge in [-0.3, -0.25) is 4.90 Å². The Hall–Kier alpha value is -0.910. The molecule has 92 valence electrons. The summed E-state index contributed by atoms with van der Waals surface area (Å²) in [7, 11) is 0. The second-order valence-corrected chi connectivity index (χ2v) is 4.74. The fourth-order valence-corrected chi connectivity index (χ4v) is 2.37. The second-order valence-electron chi connectivity index (χ2n) is 4.74. The van der Waals surface area contributed by atoms with Gasteiger partial charge in [0.05, 0.1) is 13.1 Å². The van der Waals surface area contributed by atoms with Gasteiger partial charge in [-0.25, -0.2) is 13.6 Å². The van der Waals surface area contributed by atoms with Crippen molar-refractivity contribution < 1.29 is 18.7 Å². The minimum atomic E-state index is -2.50. The van der Waals surface area contributed by atoms with Crippen molar-refractivity contribution in [1.82, 2.24) is 9.80 Å². The highest BCUT2D eigenvalue weighted by molar-refractivity contribution is 5.65. The van der Waals surface area contributed by atoms with Crippen LogP contribution in [0.4, 0.5) is 13.6 Å². The fraction of sp³-hybridized carbons (Fsp3) is 0.900. The maximum absolute atomic E-state index is 12.5. The molecule has 2 heterocycles. The Kier molecular flexibility index (Phi) is 3.01. The van der Waals surface area contributed by atoms with Crippen LogP contribution in [-0.2, 0) is 0 Å². The van der Waals surface area contributed by atoms with Crippen LogP contribution in [0.2, 0.25) is 0 Å². The van der Waals surface area contributed by atoms with Crippen LogP contribution in [0.1, 0.15) is 12.8 Å². The van der Waals surface area contributed by atoms with Gasteiger partial charge in [0.15, 0.2) is 0 Å². The van der Waals surface area contributed by atoms with Crippen molar-refractivity contribution in [1.29, 1.82) is 0 Å². The molecule has 1 N–H and O–H groups in total. The minimum absolute atomic E-state index is 0.137. The lowest BCUT2D eigenvalue weighted by Gasteiger charge is -2.39. The number of alkyl halides is 2. The number of carbonyl (C=O) groups is 1. The van der Waals surface area contributed by atoms with Gasteiger partial charge in [-0.2, -0.15) is 0 Å². The highest BCUT2D eigenvalue weighted by Crippen LogP contribution is 2.28. The van der Waals surface area contributed by atoms with E-state index in [1.54, 1.807) is 4.90 Å². The molecular formula is C10H16F2N2O2. The molecule has 2 aliphatic heterocycles. The number of carboxylic acid groups (broad SMARTS) is 1. The van der Waals surface area contributed by atoms with Crippen LogP contribution < -0.4 is 0 Å². The molecule has 0 saturated carbocycles. The Balaban J connectivity index is 1.63. The van der Waals surface area contributed by atoms with Crippen LogP contribution in [0.25, 0.3) is 0 Å². The predicted octanol–water partition coefficient (Wildman–Crippen LogP) is 1.33. The molecule has 2 saturated heterocycles. The first kappa shape index (κ1) is 11.6. The summed E-state index contributed by atoms with van der Waals surface area (Å²) in [4.78, 5) is 13.8. The van der Waals surface area contributed by atoms with Gasteiger partial charge < -0.3 is 10.0 Å². The first-order valence-electron chi connectivity index (χ1n) is 5.54. The third-order valence-corrected chi connectivity index (χ3v) is 3.32. The molecule has 6 heteroatoms. The smallest absolute Gasteiger partial charge is 0.407 e. The first-order chi connectivity index (χ1) is 7.46. The van der Waals surface area contributed by atoms with Crippen molar-refractivity contribution in [2.24, 2.45) is 5.92 Å². The Morgan fingerprint density at radius 3 is 2.62 bits per heavy atom. The highest BCUT2D eigenvalue weighted by atomic mass is 19.3. The summed E-state index contributed by atoms with van der Waals surface area (Å²) in [5.74, 6) is -2.16. The minimum Gasteiger partial charge on any atom is -0.465 e. The SMILES string of the molecule is O=C(O)N1CCC(CCN2CC(F)(F)C2)C1. The van der Waals surface area contributed by atoms with E-state index in [1.165, 1.54) is 4.90 Å². The summed E-state index contributed by atoms with van der Waals surface area (Å²) in [5.41, 5.74) is 0. The van der Waals surface area contributed by atoms with E-state index in [-0.39, 0.29) is 13.1 Å². The van der Waals surface area contributed by atoms with E-state index in [0.717, 1.165) is 12.8 Å². The van der Waals surface area contributed by atoms with Gasteiger partial charge in [0.1, 0.15) is 0 Å². The van der Waals surface area contributed by atoms with Crippen molar-refractivity contribution in [3.05, 3.63) is 0 Å². The van der Waals surface area contributed by atoms with Gasteiger partial charge in [0.2, 0.25) is 0 Å². The number of amides is 1. The van der Waals surface area contributed by atoms with Gasteiger partial charge >= 0.3 is 6.09 Å². The van der Waals surface area contributed by atoms with E-state index in [0.29, 0.717) is 25.6 Å². The Morgan fingerprint density at radius 2 is 2.12 bits per heavy atom. The van der Waals surface area contributed by atoms with E-state index in [4.69, 9.17) is 5.11 Å². The van der Waals surface area contributed by atoms with Crippen LogP contribution in [0, 0.1) is 5.92 Å². The zero-order chi connectivity index (χ0) is 11.8. The summed E-state index contributed by atoms with van der Waals surface area (Å²) in [5, 5.41) is 8.75. The molecule has 0 aromatic rings. The number of halogens is 2. The standard InChI is InChI=1S/C10H16F2N2O2/c11-10(12)6-13(7-10)3-1-8-2-4-14(5-8)9(15)16/h8H,1-7H2,(H,15,16). The number of nitrogens with zero attached hydrogens (tertiary/aromatic N) is 2. The lowest BCUT2D eigenvalue weighted by molar-refractivity contribution is -0.131. The van der Waals surface area contributed by atoms with Gasteiger partial charge in [-0.05, 0) is 25.3 Å². The average Bonchev–Trinajstić information content (AvgIpc) is 2.59. The number of likely N-dealkylation sites (tertiary alicyclic amines) is 2. The van der Waals surface area contributed by atoms with Gasteiger partial charge in [-0.15, -0.1) is 0 Å². The van der Waals surface area contributed by atoms with Gasteiger partial charge in [0, 0.05) is 13.1 Å². The molecule has 0 aromatic heterocycles. The largest absolute Gasteiger partial charge is 0.465 e. The summed E-state index contributed by atoms with van der Waals surface area (Å²) < 4.78 is 25.1. The van der Waals surface area contributed by atoms with E-state index >= 15 is 0 Å². The summed E-state index contributed by atoms with van der Waals surface area (Å²) in [6, 6.07) is 0. The zero-order valence-corrected chi connectivity index (χ0v) is 9.03. The third-order valence-electron chi connectivity index (χ3n) is 3.32. The quantitative estimate of drug-likeness (QED) is 0.801. The van der Waals surface area contributed by atoms with Crippen LogP contribution in [-0.4, -0.2) is 59.6 Å². The maximum Gasteiger partial charge on any atom is 0.407 e. The van der Waals surface area contributed by atoms with Gasteiger partial charge in [-0.1, -0.05) is 0 Å². The molecule has 0 radical (unpaired) electrons. The molecule has 1 atom stereocenters. The second kappa shape index (κ2) is 4.16. The van der Waals surface area contributed by atoms with Crippen molar-refractivity contribution in [2.75, 3.05) is 32.7 Å². The van der Waals surface area contributed by atoms with Crippen LogP contribution in [0.15, 0.2) is 0 Å². The number of rotatable bonds is 3. The highest BCUT2D eigenvalue weighted by Gasteiger charge is 2.43. The van der Waals surface area contributed by atoms with Crippen LogP contribution in [0.5, 0.6) is 0 Å². The molecule has 16 heavy (non-hydrogen) atoms.